The predicted molar refractivity (Wildman–Crippen MR) is 181 cm³/mol. The number of ether oxygens (including phenoxy) is 3. The summed E-state index contributed by atoms with van der Waals surface area (Å²) in [5, 5.41) is 7.17. The highest BCUT2D eigenvalue weighted by molar-refractivity contribution is 6.48. The SMILES string of the molecule is COc1cc(NC(=O)N[C@@H]2C[C@H](C(O[SiH](C)C)C(C)(C)C)C[C@H]2N2CCC(Cc3ccc(Cl)cc3)CC2)cc(OC)c1OC. The van der Waals surface area contributed by atoms with Gasteiger partial charge in [0.05, 0.1) is 33.1 Å². The Hall–Kier alpha value is -2.46. The second-order valence-electron chi connectivity index (χ2n) is 13.7. The zero-order valence-electron chi connectivity index (χ0n) is 27.7. The number of carbonyl (C=O) groups is 1. The Kier molecular flexibility index (Phi) is 11.9. The number of hydrogen-bond acceptors (Lipinski definition) is 6. The number of hydrogen-bond donors (Lipinski definition) is 2. The van der Waals surface area contributed by atoms with Crippen molar-refractivity contribution in [2.24, 2.45) is 17.3 Å². The summed E-state index contributed by atoms with van der Waals surface area (Å²) in [5.74, 6) is 2.49. The van der Waals surface area contributed by atoms with Crippen LogP contribution < -0.4 is 24.8 Å². The number of nitrogens with one attached hydrogen (secondary N) is 2. The molecule has 1 unspecified atom stereocenters. The number of amides is 2. The van der Waals surface area contributed by atoms with Gasteiger partial charge < -0.3 is 29.3 Å². The van der Waals surface area contributed by atoms with Gasteiger partial charge in [0.1, 0.15) is 0 Å². The van der Waals surface area contributed by atoms with E-state index in [4.69, 9.17) is 30.2 Å². The van der Waals surface area contributed by atoms with E-state index < -0.39 is 9.04 Å². The van der Waals surface area contributed by atoms with Crippen molar-refractivity contribution < 1.29 is 23.4 Å². The molecule has 244 valence electrons. The summed E-state index contributed by atoms with van der Waals surface area (Å²) in [6.45, 7) is 13.4. The van der Waals surface area contributed by atoms with Gasteiger partial charge in [0.15, 0.2) is 20.5 Å². The highest BCUT2D eigenvalue weighted by atomic mass is 35.5. The highest BCUT2D eigenvalue weighted by Crippen LogP contribution is 2.42. The topological polar surface area (TPSA) is 81.3 Å². The molecule has 0 aromatic heterocycles. The van der Waals surface area contributed by atoms with E-state index in [1.807, 2.05) is 12.1 Å². The summed E-state index contributed by atoms with van der Waals surface area (Å²) in [7, 11) is 3.44. The van der Waals surface area contributed by atoms with Crippen LogP contribution in [0.5, 0.6) is 17.2 Å². The molecule has 0 spiro atoms. The molecule has 44 heavy (non-hydrogen) atoms. The van der Waals surface area contributed by atoms with Crippen molar-refractivity contribution in [3.05, 3.63) is 47.0 Å². The minimum absolute atomic E-state index is 0.0112. The van der Waals surface area contributed by atoms with Gasteiger partial charge in [-0.25, -0.2) is 4.79 Å². The fourth-order valence-electron chi connectivity index (χ4n) is 7.11. The average molecular weight is 646 g/mol. The molecule has 4 rings (SSSR count). The molecule has 2 amide bonds. The van der Waals surface area contributed by atoms with E-state index in [0.29, 0.717) is 34.8 Å². The fraction of sp³-hybridized carbons (Fsp3) is 0.618. The third-order valence-corrected chi connectivity index (χ3v) is 10.2. The molecular weight excluding hydrogens is 594 g/mol. The molecule has 0 radical (unpaired) electrons. The highest BCUT2D eigenvalue weighted by Gasteiger charge is 2.45. The minimum atomic E-state index is -1.26. The van der Waals surface area contributed by atoms with E-state index in [0.717, 1.165) is 50.2 Å². The molecule has 1 aliphatic heterocycles. The summed E-state index contributed by atoms with van der Waals surface area (Å²) in [5.41, 5.74) is 1.94. The van der Waals surface area contributed by atoms with Gasteiger partial charge >= 0.3 is 6.03 Å². The van der Waals surface area contributed by atoms with Crippen LogP contribution in [0.1, 0.15) is 52.0 Å². The minimum Gasteiger partial charge on any atom is -0.493 e. The molecule has 1 saturated heterocycles. The van der Waals surface area contributed by atoms with Crippen LogP contribution in [0.4, 0.5) is 10.5 Å². The number of rotatable bonds is 11. The van der Waals surface area contributed by atoms with Crippen LogP contribution in [0, 0.1) is 17.3 Å². The van der Waals surface area contributed by atoms with E-state index in [1.54, 1.807) is 33.5 Å². The van der Waals surface area contributed by atoms with Crippen molar-refractivity contribution in [2.45, 2.75) is 84.2 Å². The van der Waals surface area contributed by atoms with E-state index >= 15 is 0 Å². The molecule has 1 aliphatic carbocycles. The van der Waals surface area contributed by atoms with E-state index in [1.165, 1.54) is 5.56 Å². The number of nitrogens with zero attached hydrogens (tertiary/aromatic N) is 1. The van der Waals surface area contributed by atoms with E-state index in [-0.39, 0.29) is 29.6 Å². The number of anilines is 1. The maximum absolute atomic E-state index is 13.5. The monoisotopic (exact) mass is 645 g/mol. The molecule has 2 fully saturated rings. The van der Waals surface area contributed by atoms with E-state index in [2.05, 4.69) is 61.5 Å². The van der Waals surface area contributed by atoms with Gasteiger partial charge in [0.2, 0.25) is 5.75 Å². The van der Waals surface area contributed by atoms with Crippen molar-refractivity contribution in [3.8, 4) is 17.2 Å². The number of piperidine rings is 1. The Morgan fingerprint density at radius 2 is 1.61 bits per heavy atom. The Morgan fingerprint density at radius 3 is 2.14 bits per heavy atom. The molecule has 8 nitrogen and oxygen atoms in total. The number of benzene rings is 2. The standard InChI is InChI=1S/C34H52ClN3O5Si/c1-34(2,3)32(43-44(7)8)24-18-27(37-33(39)36-26-20-29(40-4)31(42-6)30(21-26)41-5)28(19-24)38-15-13-23(14-16-38)17-22-9-11-25(35)12-10-22/h9-12,20-21,23-24,27-28,32,44H,13-19H2,1-8H3,(H2,36,37,39)/t24-,27+,28+,32?/m0/s1. The van der Waals surface area contributed by atoms with Gasteiger partial charge in [-0.05, 0) is 93.2 Å². The number of likely N-dealkylation sites (tertiary alicyclic amines) is 1. The van der Waals surface area contributed by atoms with Crippen molar-refractivity contribution in [3.63, 3.8) is 0 Å². The maximum Gasteiger partial charge on any atom is 0.319 e. The first-order valence-electron chi connectivity index (χ1n) is 15.9. The van der Waals surface area contributed by atoms with Gasteiger partial charge in [-0.15, -0.1) is 0 Å². The number of methoxy groups -OCH3 is 3. The molecule has 0 bridgehead atoms. The van der Waals surface area contributed by atoms with Crippen molar-refractivity contribution in [1.29, 1.82) is 0 Å². The normalized spacial score (nSPS) is 22.1. The molecule has 2 N–H and O–H groups in total. The van der Waals surface area contributed by atoms with Gasteiger partial charge in [-0.2, -0.15) is 0 Å². The Bertz CT molecular complexity index is 1210. The second kappa shape index (κ2) is 15.2. The van der Waals surface area contributed by atoms with Gasteiger partial charge in [-0.3, -0.25) is 4.90 Å². The van der Waals surface area contributed by atoms with Crippen molar-refractivity contribution in [1.82, 2.24) is 10.2 Å². The lowest BCUT2D eigenvalue weighted by Gasteiger charge is -2.39. The first kappa shape index (κ1) is 34.4. The van der Waals surface area contributed by atoms with E-state index in [9.17, 15) is 4.79 Å². The molecule has 10 heteroatoms. The first-order valence-corrected chi connectivity index (χ1v) is 19.1. The predicted octanol–water partition coefficient (Wildman–Crippen LogP) is 7.00. The molecule has 1 heterocycles. The molecule has 1 saturated carbocycles. The Balaban J connectivity index is 1.49. The Labute approximate surface area is 270 Å². The maximum atomic E-state index is 13.5. The van der Waals surface area contributed by atoms with Gasteiger partial charge in [0.25, 0.3) is 0 Å². The van der Waals surface area contributed by atoms with Crippen LogP contribution in [0.15, 0.2) is 36.4 Å². The number of urea groups is 1. The lowest BCUT2D eigenvalue weighted by molar-refractivity contribution is 0.0302. The summed E-state index contributed by atoms with van der Waals surface area (Å²) >= 11 is 6.11. The molecule has 2 aromatic rings. The zero-order valence-corrected chi connectivity index (χ0v) is 29.7. The molecule has 2 aromatic carbocycles. The van der Waals surface area contributed by atoms with Crippen LogP contribution in [-0.2, 0) is 10.8 Å². The number of halogens is 1. The van der Waals surface area contributed by atoms with Gasteiger partial charge in [-0.1, -0.05) is 44.5 Å². The van der Waals surface area contributed by atoms with Gasteiger partial charge in [0, 0.05) is 29.2 Å². The summed E-state index contributed by atoms with van der Waals surface area (Å²) in [6.07, 6.45) is 5.43. The number of carbonyl (C=O) groups excluding carboxylic acids is 1. The third kappa shape index (κ3) is 8.83. The summed E-state index contributed by atoms with van der Waals surface area (Å²) in [6, 6.07) is 11.8. The lowest BCUT2D eigenvalue weighted by Crippen LogP contribution is -2.52. The Morgan fingerprint density at radius 1 is 1.00 bits per heavy atom. The van der Waals surface area contributed by atoms with Crippen LogP contribution in [-0.4, -0.2) is 72.6 Å². The molecule has 2 aliphatic rings. The summed E-state index contributed by atoms with van der Waals surface area (Å²) in [4.78, 5) is 16.1. The average Bonchev–Trinajstić information content (AvgIpc) is 3.38. The fourth-order valence-corrected chi connectivity index (χ4v) is 8.45. The second-order valence-corrected chi connectivity index (χ2v) is 16.5. The molecule has 4 atom stereocenters. The van der Waals surface area contributed by atoms with Crippen LogP contribution in [0.3, 0.4) is 0 Å². The van der Waals surface area contributed by atoms with Crippen LogP contribution in [0.25, 0.3) is 0 Å². The first-order chi connectivity index (χ1) is 20.9. The molecular formula is C34H52ClN3O5Si. The third-order valence-electron chi connectivity index (χ3n) is 9.06. The quantitative estimate of drug-likeness (QED) is 0.256. The smallest absolute Gasteiger partial charge is 0.319 e. The lowest BCUT2D eigenvalue weighted by atomic mass is 9.80. The van der Waals surface area contributed by atoms with Crippen molar-refractivity contribution >= 4 is 32.4 Å². The zero-order chi connectivity index (χ0) is 32.0. The largest absolute Gasteiger partial charge is 0.493 e. The van der Waals surface area contributed by atoms with Crippen molar-refractivity contribution in [2.75, 3.05) is 39.7 Å². The van der Waals surface area contributed by atoms with Crippen LogP contribution in [0.2, 0.25) is 18.1 Å². The van der Waals surface area contributed by atoms with Crippen LogP contribution >= 0.6 is 11.6 Å². The summed E-state index contributed by atoms with van der Waals surface area (Å²) < 4.78 is 23.1.